The van der Waals surface area contributed by atoms with Crippen LogP contribution in [0.25, 0.3) is 0 Å². The van der Waals surface area contributed by atoms with Gasteiger partial charge in [-0.1, -0.05) is 23.7 Å². The van der Waals surface area contributed by atoms with Gasteiger partial charge in [0.15, 0.2) is 11.6 Å². The highest BCUT2D eigenvalue weighted by Crippen LogP contribution is 2.25. The van der Waals surface area contributed by atoms with Crippen molar-refractivity contribution in [2.75, 3.05) is 0 Å². The lowest BCUT2D eigenvalue weighted by molar-refractivity contribution is 0.286. The van der Waals surface area contributed by atoms with E-state index in [2.05, 4.69) is 4.98 Å². The molecule has 0 aliphatic heterocycles. The molecule has 1 aromatic heterocycles. The highest BCUT2D eigenvalue weighted by molar-refractivity contribution is 6.31. The van der Waals surface area contributed by atoms with E-state index in [1.165, 1.54) is 12.3 Å². The van der Waals surface area contributed by atoms with Crippen LogP contribution in [0.4, 0.5) is 4.39 Å². The molecular weight excluding hydrogens is 279 g/mol. The lowest BCUT2D eigenvalue weighted by Gasteiger charge is -2.14. The number of nitrogens with two attached hydrogens (primary N) is 1. The Bertz CT molecular complexity index is 590. The van der Waals surface area contributed by atoms with Crippen molar-refractivity contribution in [1.82, 2.24) is 4.98 Å². The van der Waals surface area contributed by atoms with E-state index >= 15 is 0 Å². The van der Waals surface area contributed by atoms with Crippen LogP contribution in [0.2, 0.25) is 5.02 Å². The number of hydrogen-bond acceptors (Lipinski definition) is 3. The quantitative estimate of drug-likeness (QED) is 0.920. The summed E-state index contributed by atoms with van der Waals surface area (Å²) in [5.41, 5.74) is 7.28. The van der Waals surface area contributed by atoms with E-state index < -0.39 is 5.82 Å². The van der Waals surface area contributed by atoms with Crippen LogP contribution in [-0.4, -0.2) is 11.0 Å². The average Bonchev–Trinajstić information content (AvgIpc) is 2.39. The van der Waals surface area contributed by atoms with Crippen LogP contribution in [0.3, 0.4) is 0 Å². The van der Waals surface area contributed by atoms with Crippen LogP contribution < -0.4 is 10.5 Å². The fourth-order valence-corrected chi connectivity index (χ4v) is 2.07. The molecule has 5 heteroatoms. The van der Waals surface area contributed by atoms with E-state index in [9.17, 15) is 4.39 Å². The molecule has 0 bridgehead atoms. The topological polar surface area (TPSA) is 48.1 Å². The van der Waals surface area contributed by atoms with Crippen LogP contribution in [0.1, 0.15) is 18.1 Å². The van der Waals surface area contributed by atoms with E-state index in [-0.39, 0.29) is 18.4 Å². The van der Waals surface area contributed by atoms with E-state index in [0.717, 1.165) is 11.1 Å². The fourth-order valence-electron chi connectivity index (χ4n) is 1.89. The molecule has 0 radical (unpaired) electrons. The lowest BCUT2D eigenvalue weighted by atomic mass is 10.1. The summed E-state index contributed by atoms with van der Waals surface area (Å²) < 4.78 is 19.5. The maximum Gasteiger partial charge on any atom is 0.165 e. The van der Waals surface area contributed by atoms with E-state index in [1.54, 1.807) is 18.3 Å². The van der Waals surface area contributed by atoms with Crippen LogP contribution in [0, 0.1) is 5.82 Å². The first kappa shape index (κ1) is 14.8. The second kappa shape index (κ2) is 6.68. The molecule has 106 valence electrons. The Morgan fingerprint density at radius 2 is 2.15 bits per heavy atom. The first-order chi connectivity index (χ1) is 9.58. The van der Waals surface area contributed by atoms with Crippen LogP contribution >= 0.6 is 11.6 Å². The SMILES string of the molecule is CC(N)Cc1cccc(F)c1OCc1ccncc1Cl. The van der Waals surface area contributed by atoms with Crippen molar-refractivity contribution in [3.8, 4) is 5.75 Å². The van der Waals surface area contributed by atoms with E-state index in [1.807, 2.05) is 13.0 Å². The number of para-hydroxylation sites is 1. The monoisotopic (exact) mass is 294 g/mol. The molecular formula is C15H16ClFN2O. The third-order valence-corrected chi connectivity index (χ3v) is 3.16. The number of nitrogens with zero attached hydrogens (tertiary/aromatic N) is 1. The lowest BCUT2D eigenvalue weighted by Crippen LogP contribution is -2.18. The number of ether oxygens (including phenoxy) is 1. The third kappa shape index (κ3) is 3.68. The van der Waals surface area contributed by atoms with Gasteiger partial charge in [-0.15, -0.1) is 0 Å². The molecule has 0 aliphatic carbocycles. The normalized spacial score (nSPS) is 12.2. The summed E-state index contributed by atoms with van der Waals surface area (Å²) in [5, 5.41) is 0.498. The predicted molar refractivity (Wildman–Crippen MR) is 77.3 cm³/mol. The molecule has 1 atom stereocenters. The molecule has 0 saturated heterocycles. The Labute approximate surface area is 122 Å². The van der Waals surface area contributed by atoms with Gasteiger partial charge in [0.05, 0.1) is 5.02 Å². The number of pyridine rings is 1. The minimum atomic E-state index is -0.395. The molecule has 1 unspecified atom stereocenters. The van der Waals surface area contributed by atoms with Gasteiger partial charge in [-0.05, 0) is 31.0 Å². The van der Waals surface area contributed by atoms with Gasteiger partial charge in [-0.3, -0.25) is 4.98 Å². The molecule has 2 N–H and O–H groups in total. The van der Waals surface area contributed by atoms with Gasteiger partial charge in [0.1, 0.15) is 6.61 Å². The van der Waals surface area contributed by atoms with Crippen molar-refractivity contribution in [1.29, 1.82) is 0 Å². The van der Waals surface area contributed by atoms with Gasteiger partial charge in [-0.25, -0.2) is 4.39 Å². The number of rotatable bonds is 5. The first-order valence-corrected chi connectivity index (χ1v) is 6.70. The second-order valence-corrected chi connectivity index (χ2v) is 5.07. The standard InChI is InChI=1S/C15H16ClFN2O/c1-10(18)7-11-3-2-4-14(17)15(11)20-9-12-5-6-19-8-13(12)16/h2-6,8,10H,7,9,18H2,1H3. The molecule has 0 saturated carbocycles. The van der Waals surface area contributed by atoms with Gasteiger partial charge in [-0.2, -0.15) is 0 Å². The number of benzene rings is 1. The molecule has 1 aromatic carbocycles. The molecule has 0 fully saturated rings. The summed E-state index contributed by atoms with van der Waals surface area (Å²) in [4.78, 5) is 3.90. The zero-order valence-electron chi connectivity index (χ0n) is 11.1. The van der Waals surface area contributed by atoms with Crippen molar-refractivity contribution in [2.45, 2.75) is 26.0 Å². The largest absolute Gasteiger partial charge is 0.485 e. The summed E-state index contributed by atoms with van der Waals surface area (Å²) in [7, 11) is 0. The summed E-state index contributed by atoms with van der Waals surface area (Å²) >= 11 is 6.00. The Hall–Kier alpha value is -1.65. The van der Waals surface area contributed by atoms with Gasteiger partial charge in [0.25, 0.3) is 0 Å². The first-order valence-electron chi connectivity index (χ1n) is 6.32. The Balaban J connectivity index is 2.18. The highest BCUT2D eigenvalue weighted by Gasteiger charge is 2.12. The molecule has 0 amide bonds. The van der Waals surface area contributed by atoms with Gasteiger partial charge in [0.2, 0.25) is 0 Å². The Morgan fingerprint density at radius 3 is 2.85 bits per heavy atom. The molecule has 1 heterocycles. The van der Waals surface area contributed by atoms with Crippen molar-refractivity contribution >= 4 is 11.6 Å². The van der Waals surface area contributed by atoms with Crippen LogP contribution in [0.5, 0.6) is 5.75 Å². The van der Waals surface area contributed by atoms with Gasteiger partial charge < -0.3 is 10.5 Å². The van der Waals surface area contributed by atoms with Crippen molar-refractivity contribution in [2.24, 2.45) is 5.73 Å². The maximum absolute atomic E-state index is 13.9. The fraction of sp³-hybridized carbons (Fsp3) is 0.267. The summed E-state index contributed by atoms with van der Waals surface area (Å²) in [6.45, 7) is 2.06. The Morgan fingerprint density at radius 1 is 1.35 bits per heavy atom. The molecule has 0 spiro atoms. The third-order valence-electron chi connectivity index (χ3n) is 2.82. The predicted octanol–water partition coefficient (Wildman–Crippen LogP) is 3.34. The highest BCUT2D eigenvalue weighted by atomic mass is 35.5. The van der Waals surface area contributed by atoms with E-state index in [0.29, 0.717) is 11.4 Å². The van der Waals surface area contributed by atoms with E-state index in [4.69, 9.17) is 22.1 Å². The molecule has 2 rings (SSSR count). The zero-order chi connectivity index (χ0) is 14.5. The number of hydrogen-bond donors (Lipinski definition) is 1. The van der Waals surface area contributed by atoms with Gasteiger partial charge in [0, 0.05) is 24.0 Å². The molecule has 2 aromatic rings. The summed E-state index contributed by atoms with van der Waals surface area (Å²) in [6, 6.07) is 6.52. The minimum absolute atomic E-state index is 0.0661. The zero-order valence-corrected chi connectivity index (χ0v) is 11.9. The maximum atomic E-state index is 13.9. The van der Waals surface area contributed by atoms with Crippen molar-refractivity contribution in [3.05, 3.63) is 58.6 Å². The summed E-state index contributed by atoms with van der Waals surface area (Å²) in [6.07, 6.45) is 3.70. The minimum Gasteiger partial charge on any atom is -0.485 e. The second-order valence-electron chi connectivity index (χ2n) is 4.67. The molecule has 3 nitrogen and oxygen atoms in total. The van der Waals surface area contributed by atoms with Crippen LogP contribution in [0.15, 0.2) is 36.7 Å². The molecule has 0 aliphatic rings. The average molecular weight is 295 g/mol. The van der Waals surface area contributed by atoms with Crippen LogP contribution in [-0.2, 0) is 13.0 Å². The number of halogens is 2. The van der Waals surface area contributed by atoms with Crippen molar-refractivity contribution < 1.29 is 9.13 Å². The smallest absolute Gasteiger partial charge is 0.165 e. The number of aromatic nitrogens is 1. The molecule has 20 heavy (non-hydrogen) atoms. The summed E-state index contributed by atoms with van der Waals surface area (Å²) in [5.74, 6) is -0.161. The van der Waals surface area contributed by atoms with Crippen molar-refractivity contribution in [3.63, 3.8) is 0 Å². The van der Waals surface area contributed by atoms with Gasteiger partial charge >= 0.3 is 0 Å². The Kier molecular flexibility index (Phi) is 4.93.